The van der Waals surface area contributed by atoms with Gasteiger partial charge in [0.05, 0.1) is 5.71 Å². The SMILES string of the molecule is C[C@]12CCCC=C1CC[C@@H]1[C@@H]2CC[C@]2(C)/C(=N/O)CC[C@@H]12. The third kappa shape index (κ3) is 1.74. The zero-order chi connectivity index (χ0) is 14.7. The van der Waals surface area contributed by atoms with Gasteiger partial charge in [0.2, 0.25) is 0 Å². The van der Waals surface area contributed by atoms with Gasteiger partial charge in [0, 0.05) is 5.41 Å². The number of rotatable bonds is 0. The number of oxime groups is 1. The predicted octanol–water partition coefficient (Wildman–Crippen LogP) is 5.17. The van der Waals surface area contributed by atoms with Crippen molar-refractivity contribution >= 4 is 5.71 Å². The molecule has 116 valence electrons. The summed E-state index contributed by atoms with van der Waals surface area (Å²) >= 11 is 0. The molecule has 0 unspecified atom stereocenters. The van der Waals surface area contributed by atoms with Gasteiger partial charge >= 0.3 is 0 Å². The minimum absolute atomic E-state index is 0.197. The van der Waals surface area contributed by atoms with Crippen LogP contribution in [0, 0.1) is 28.6 Å². The predicted molar refractivity (Wildman–Crippen MR) is 85.5 cm³/mol. The van der Waals surface area contributed by atoms with Crippen molar-refractivity contribution in [1.29, 1.82) is 0 Å². The third-order valence-corrected chi connectivity index (χ3v) is 7.89. The summed E-state index contributed by atoms with van der Waals surface area (Å²) in [6.45, 7) is 4.94. The molecule has 3 fully saturated rings. The van der Waals surface area contributed by atoms with Crippen LogP contribution in [-0.2, 0) is 0 Å². The van der Waals surface area contributed by atoms with Gasteiger partial charge in [0.1, 0.15) is 0 Å². The molecule has 0 heterocycles. The van der Waals surface area contributed by atoms with E-state index in [-0.39, 0.29) is 5.41 Å². The molecule has 2 nitrogen and oxygen atoms in total. The highest BCUT2D eigenvalue weighted by molar-refractivity contribution is 5.91. The molecule has 0 radical (unpaired) electrons. The van der Waals surface area contributed by atoms with Gasteiger partial charge in [-0.2, -0.15) is 0 Å². The Labute approximate surface area is 128 Å². The van der Waals surface area contributed by atoms with Crippen molar-refractivity contribution in [3.8, 4) is 0 Å². The lowest BCUT2D eigenvalue weighted by molar-refractivity contribution is -0.0190. The van der Waals surface area contributed by atoms with E-state index in [4.69, 9.17) is 0 Å². The van der Waals surface area contributed by atoms with Gasteiger partial charge in [-0.05, 0) is 81.0 Å². The van der Waals surface area contributed by atoms with E-state index in [0.29, 0.717) is 5.41 Å². The lowest BCUT2D eigenvalue weighted by atomic mass is 9.47. The molecule has 0 bridgehead atoms. The maximum Gasteiger partial charge on any atom is 0.0632 e. The summed E-state index contributed by atoms with van der Waals surface area (Å²) in [6.07, 6.45) is 14.2. The van der Waals surface area contributed by atoms with E-state index in [1.54, 1.807) is 5.57 Å². The second-order valence-corrected chi connectivity index (χ2v) is 8.50. The maximum absolute atomic E-state index is 9.38. The number of fused-ring (bicyclic) bond motifs is 5. The Balaban J connectivity index is 1.69. The molecule has 0 aromatic heterocycles. The molecule has 5 atom stereocenters. The van der Waals surface area contributed by atoms with E-state index >= 15 is 0 Å². The molecule has 0 amide bonds. The van der Waals surface area contributed by atoms with Crippen LogP contribution in [0.5, 0.6) is 0 Å². The van der Waals surface area contributed by atoms with Crippen LogP contribution < -0.4 is 0 Å². The fourth-order valence-electron chi connectivity index (χ4n) is 6.71. The fraction of sp³-hybridized carbons (Fsp3) is 0.842. The smallest absolute Gasteiger partial charge is 0.0632 e. The summed E-state index contributed by atoms with van der Waals surface area (Å²) in [5.41, 5.74) is 3.57. The molecule has 21 heavy (non-hydrogen) atoms. The lowest BCUT2D eigenvalue weighted by Gasteiger charge is -2.57. The summed E-state index contributed by atoms with van der Waals surface area (Å²) in [4.78, 5) is 0. The molecule has 0 aromatic rings. The summed E-state index contributed by atoms with van der Waals surface area (Å²) in [5, 5.41) is 13.1. The van der Waals surface area contributed by atoms with Crippen molar-refractivity contribution in [2.24, 2.45) is 33.7 Å². The highest BCUT2D eigenvalue weighted by Gasteiger charge is 2.57. The Bertz CT molecular complexity index is 508. The molecule has 4 rings (SSSR count). The number of hydrogen-bond donors (Lipinski definition) is 1. The highest BCUT2D eigenvalue weighted by Crippen LogP contribution is 2.64. The van der Waals surface area contributed by atoms with Crippen LogP contribution in [0.15, 0.2) is 16.8 Å². The zero-order valence-electron chi connectivity index (χ0n) is 13.6. The average Bonchev–Trinajstić information content (AvgIpc) is 2.83. The lowest BCUT2D eigenvalue weighted by Crippen LogP contribution is -2.50. The van der Waals surface area contributed by atoms with Crippen LogP contribution in [0.1, 0.15) is 71.6 Å². The Morgan fingerprint density at radius 1 is 1.05 bits per heavy atom. The largest absolute Gasteiger partial charge is 0.411 e. The molecule has 0 aromatic carbocycles. The summed E-state index contributed by atoms with van der Waals surface area (Å²) in [5.74, 6) is 2.51. The fourth-order valence-corrected chi connectivity index (χ4v) is 6.71. The second-order valence-electron chi connectivity index (χ2n) is 8.50. The Morgan fingerprint density at radius 3 is 2.67 bits per heavy atom. The molecule has 0 aliphatic heterocycles. The topological polar surface area (TPSA) is 32.6 Å². The monoisotopic (exact) mass is 287 g/mol. The van der Waals surface area contributed by atoms with Crippen LogP contribution in [0.3, 0.4) is 0 Å². The van der Waals surface area contributed by atoms with Gasteiger partial charge in [-0.25, -0.2) is 0 Å². The Kier molecular flexibility index (Phi) is 3.03. The molecule has 4 aliphatic rings. The normalized spacial score (nSPS) is 51.0. The molecule has 4 aliphatic carbocycles. The first kappa shape index (κ1) is 13.8. The molecule has 3 saturated carbocycles. The summed E-state index contributed by atoms with van der Waals surface area (Å²) in [6, 6.07) is 0. The number of allylic oxidation sites excluding steroid dienone is 2. The van der Waals surface area contributed by atoms with E-state index in [1.807, 2.05) is 0 Å². The Hall–Kier alpha value is -0.790. The quantitative estimate of drug-likeness (QED) is 0.372. The van der Waals surface area contributed by atoms with E-state index in [0.717, 1.165) is 29.9 Å². The van der Waals surface area contributed by atoms with Gasteiger partial charge < -0.3 is 5.21 Å². The van der Waals surface area contributed by atoms with Crippen LogP contribution in [0.25, 0.3) is 0 Å². The van der Waals surface area contributed by atoms with Gasteiger partial charge in [-0.1, -0.05) is 30.7 Å². The third-order valence-electron chi connectivity index (χ3n) is 7.89. The summed E-state index contributed by atoms with van der Waals surface area (Å²) < 4.78 is 0. The molecular weight excluding hydrogens is 258 g/mol. The number of nitrogens with zero attached hydrogens (tertiary/aromatic N) is 1. The Morgan fingerprint density at radius 2 is 1.86 bits per heavy atom. The zero-order valence-corrected chi connectivity index (χ0v) is 13.6. The second kappa shape index (κ2) is 4.60. The van der Waals surface area contributed by atoms with Crippen molar-refractivity contribution in [3.05, 3.63) is 11.6 Å². The van der Waals surface area contributed by atoms with Crippen LogP contribution >= 0.6 is 0 Å². The van der Waals surface area contributed by atoms with E-state index in [9.17, 15) is 5.21 Å². The van der Waals surface area contributed by atoms with E-state index < -0.39 is 0 Å². The van der Waals surface area contributed by atoms with Crippen molar-refractivity contribution in [2.75, 3.05) is 0 Å². The first-order chi connectivity index (χ1) is 10.1. The van der Waals surface area contributed by atoms with Crippen LogP contribution in [0.4, 0.5) is 0 Å². The van der Waals surface area contributed by atoms with Crippen molar-refractivity contribution in [1.82, 2.24) is 0 Å². The number of hydrogen-bond acceptors (Lipinski definition) is 2. The van der Waals surface area contributed by atoms with E-state index in [1.165, 1.54) is 51.4 Å². The highest BCUT2D eigenvalue weighted by atomic mass is 16.4. The molecule has 0 spiro atoms. The van der Waals surface area contributed by atoms with E-state index in [2.05, 4.69) is 25.1 Å². The molecule has 2 heteroatoms. The van der Waals surface area contributed by atoms with Crippen molar-refractivity contribution in [2.45, 2.75) is 71.6 Å². The van der Waals surface area contributed by atoms with Gasteiger partial charge in [-0.15, -0.1) is 0 Å². The first-order valence-corrected chi connectivity index (χ1v) is 9.00. The first-order valence-electron chi connectivity index (χ1n) is 9.00. The van der Waals surface area contributed by atoms with Gasteiger partial charge in [0.25, 0.3) is 0 Å². The molecular formula is C19H29NO. The van der Waals surface area contributed by atoms with Gasteiger partial charge in [-0.3, -0.25) is 0 Å². The molecule has 1 N–H and O–H groups in total. The van der Waals surface area contributed by atoms with Crippen molar-refractivity contribution in [3.63, 3.8) is 0 Å². The average molecular weight is 287 g/mol. The van der Waals surface area contributed by atoms with Crippen molar-refractivity contribution < 1.29 is 5.21 Å². The standard InChI is InChI=1S/C19H29NO/c1-18-11-4-3-5-13(18)6-7-14-15-8-9-17(20-21)19(15,2)12-10-16(14)18/h5,14-16,21H,3-4,6-12H2,1-2H3/b20-17+/t14-,15-,16-,18-,19-/m0/s1. The minimum Gasteiger partial charge on any atom is -0.411 e. The maximum atomic E-state index is 9.38. The van der Waals surface area contributed by atoms with Gasteiger partial charge in [0.15, 0.2) is 0 Å². The minimum atomic E-state index is 0.197. The molecule has 0 saturated heterocycles. The van der Waals surface area contributed by atoms with Crippen LogP contribution in [0.2, 0.25) is 0 Å². The van der Waals surface area contributed by atoms with Crippen LogP contribution in [-0.4, -0.2) is 10.9 Å². The summed E-state index contributed by atoms with van der Waals surface area (Å²) in [7, 11) is 0.